The van der Waals surface area contributed by atoms with E-state index in [1.807, 2.05) is 70.2 Å². The maximum Gasteiger partial charge on any atom is 0.280 e. The van der Waals surface area contributed by atoms with E-state index in [0.29, 0.717) is 29.8 Å². The molecule has 0 saturated heterocycles. The van der Waals surface area contributed by atoms with E-state index in [1.165, 1.54) is 5.56 Å². The Bertz CT molecular complexity index is 1390. The summed E-state index contributed by atoms with van der Waals surface area (Å²) in [5.74, 6) is 2.20. The zero-order chi connectivity index (χ0) is 22.2. The molecule has 3 heterocycles. The standard InChI is InChI=1S/C24H22N6O2/c1-14-8-10-18(11-9-14)22-26-24(32-28-22)21-16(3)30(29-27-21)13-20-17(4)31-23(25-20)19-7-5-6-15(2)12-19/h5-12H,13H2,1-4H3. The molecule has 0 saturated carbocycles. The van der Waals surface area contributed by atoms with Gasteiger partial charge in [0.15, 0.2) is 5.69 Å². The highest BCUT2D eigenvalue weighted by molar-refractivity contribution is 5.59. The fourth-order valence-electron chi connectivity index (χ4n) is 3.47. The van der Waals surface area contributed by atoms with Gasteiger partial charge in [-0.25, -0.2) is 9.67 Å². The molecule has 0 unspecified atom stereocenters. The van der Waals surface area contributed by atoms with Crippen molar-refractivity contribution < 1.29 is 8.94 Å². The Morgan fingerprint density at radius 2 is 1.66 bits per heavy atom. The lowest BCUT2D eigenvalue weighted by Gasteiger charge is -2.00. The van der Waals surface area contributed by atoms with Crippen LogP contribution in [-0.2, 0) is 6.54 Å². The maximum atomic E-state index is 5.91. The third-order valence-corrected chi connectivity index (χ3v) is 5.38. The van der Waals surface area contributed by atoms with Crippen LogP contribution in [0, 0.1) is 27.7 Å². The summed E-state index contributed by atoms with van der Waals surface area (Å²) >= 11 is 0. The monoisotopic (exact) mass is 426 g/mol. The van der Waals surface area contributed by atoms with Crippen LogP contribution in [0.15, 0.2) is 57.5 Å². The molecule has 2 aromatic carbocycles. The van der Waals surface area contributed by atoms with Crippen molar-refractivity contribution in [2.75, 3.05) is 0 Å². The van der Waals surface area contributed by atoms with E-state index in [9.17, 15) is 0 Å². The highest BCUT2D eigenvalue weighted by atomic mass is 16.5. The van der Waals surface area contributed by atoms with E-state index in [1.54, 1.807) is 4.68 Å². The minimum atomic E-state index is 0.335. The number of hydrogen-bond donors (Lipinski definition) is 0. The largest absolute Gasteiger partial charge is 0.441 e. The summed E-state index contributed by atoms with van der Waals surface area (Å²) < 4.78 is 13.1. The first-order chi connectivity index (χ1) is 15.5. The normalized spacial score (nSPS) is 11.2. The van der Waals surface area contributed by atoms with Gasteiger partial charge in [0.2, 0.25) is 11.7 Å². The summed E-state index contributed by atoms with van der Waals surface area (Å²) in [6, 6.07) is 16.0. The SMILES string of the molecule is Cc1ccc(-c2noc(-c3nnn(Cc4nc(-c5cccc(C)c5)oc4C)c3C)n2)cc1. The highest BCUT2D eigenvalue weighted by Crippen LogP contribution is 2.26. The van der Waals surface area contributed by atoms with Crippen LogP contribution in [0.3, 0.4) is 0 Å². The summed E-state index contributed by atoms with van der Waals surface area (Å²) in [5, 5.41) is 12.6. The number of aryl methyl sites for hydroxylation is 3. The first-order valence-corrected chi connectivity index (χ1v) is 10.3. The summed E-state index contributed by atoms with van der Waals surface area (Å²) in [5.41, 5.74) is 6.32. The number of hydrogen-bond acceptors (Lipinski definition) is 7. The van der Waals surface area contributed by atoms with Gasteiger partial charge in [0, 0.05) is 11.1 Å². The van der Waals surface area contributed by atoms with Gasteiger partial charge in [0.05, 0.1) is 12.2 Å². The first kappa shape index (κ1) is 19.9. The van der Waals surface area contributed by atoms with E-state index < -0.39 is 0 Å². The minimum Gasteiger partial charge on any atom is -0.441 e. The van der Waals surface area contributed by atoms with Crippen LogP contribution in [0.5, 0.6) is 0 Å². The molecule has 0 aliphatic rings. The van der Waals surface area contributed by atoms with Crippen LogP contribution in [0.25, 0.3) is 34.4 Å². The molecule has 160 valence electrons. The fourth-order valence-corrected chi connectivity index (χ4v) is 3.47. The molecule has 8 heteroatoms. The van der Waals surface area contributed by atoms with Crippen LogP contribution >= 0.6 is 0 Å². The van der Waals surface area contributed by atoms with Crippen molar-refractivity contribution in [2.45, 2.75) is 34.2 Å². The first-order valence-electron chi connectivity index (χ1n) is 10.3. The van der Waals surface area contributed by atoms with Crippen LogP contribution in [0.1, 0.15) is 28.3 Å². The summed E-state index contributed by atoms with van der Waals surface area (Å²) in [4.78, 5) is 9.19. The molecule has 0 atom stereocenters. The zero-order valence-electron chi connectivity index (χ0n) is 18.3. The van der Waals surface area contributed by atoms with Gasteiger partial charge in [0.1, 0.15) is 11.5 Å². The van der Waals surface area contributed by atoms with Crippen LogP contribution in [-0.4, -0.2) is 30.1 Å². The molecule has 5 rings (SSSR count). The zero-order valence-corrected chi connectivity index (χ0v) is 18.3. The summed E-state index contributed by atoms with van der Waals surface area (Å²) in [6.45, 7) is 8.33. The van der Waals surface area contributed by atoms with Crippen molar-refractivity contribution in [3.8, 4) is 34.4 Å². The lowest BCUT2D eigenvalue weighted by atomic mass is 10.1. The third kappa shape index (κ3) is 3.71. The minimum absolute atomic E-state index is 0.335. The average Bonchev–Trinajstić information content (AvgIpc) is 3.49. The lowest BCUT2D eigenvalue weighted by Crippen LogP contribution is -2.05. The van der Waals surface area contributed by atoms with Gasteiger partial charge >= 0.3 is 0 Å². The Kier molecular flexibility index (Phi) is 4.89. The Morgan fingerprint density at radius 3 is 2.44 bits per heavy atom. The molecule has 0 N–H and O–H groups in total. The quantitative estimate of drug-likeness (QED) is 0.393. The molecule has 0 aliphatic heterocycles. The Morgan fingerprint density at radius 1 is 0.844 bits per heavy atom. The van der Waals surface area contributed by atoms with Crippen molar-refractivity contribution in [3.63, 3.8) is 0 Å². The topological polar surface area (TPSA) is 95.7 Å². The van der Waals surface area contributed by atoms with E-state index >= 15 is 0 Å². The van der Waals surface area contributed by atoms with Crippen molar-refractivity contribution in [1.82, 2.24) is 30.1 Å². The molecule has 5 aromatic rings. The van der Waals surface area contributed by atoms with Gasteiger partial charge in [-0.15, -0.1) is 5.10 Å². The van der Waals surface area contributed by atoms with E-state index in [0.717, 1.165) is 33.8 Å². The molecule has 0 amide bonds. The van der Waals surface area contributed by atoms with Crippen molar-refractivity contribution >= 4 is 0 Å². The predicted molar refractivity (Wildman–Crippen MR) is 119 cm³/mol. The van der Waals surface area contributed by atoms with E-state index in [4.69, 9.17) is 8.94 Å². The average molecular weight is 426 g/mol. The summed E-state index contributed by atoms with van der Waals surface area (Å²) in [7, 11) is 0. The highest BCUT2D eigenvalue weighted by Gasteiger charge is 2.20. The van der Waals surface area contributed by atoms with Gasteiger partial charge in [-0.2, -0.15) is 4.98 Å². The van der Waals surface area contributed by atoms with Gasteiger partial charge in [-0.1, -0.05) is 57.9 Å². The van der Waals surface area contributed by atoms with Crippen molar-refractivity contribution in [3.05, 3.63) is 76.8 Å². The smallest absolute Gasteiger partial charge is 0.280 e. The van der Waals surface area contributed by atoms with Crippen LogP contribution in [0.2, 0.25) is 0 Å². The molecule has 8 nitrogen and oxygen atoms in total. The summed E-state index contributed by atoms with van der Waals surface area (Å²) in [6.07, 6.45) is 0. The van der Waals surface area contributed by atoms with Gasteiger partial charge in [0.25, 0.3) is 5.89 Å². The third-order valence-electron chi connectivity index (χ3n) is 5.38. The molecule has 0 radical (unpaired) electrons. The predicted octanol–water partition coefficient (Wildman–Crippen LogP) is 4.93. The Labute approximate surface area is 184 Å². The van der Waals surface area contributed by atoms with Crippen LogP contribution < -0.4 is 0 Å². The Hall–Kier alpha value is -4.07. The number of oxazole rings is 1. The molecule has 0 fully saturated rings. The second-order valence-electron chi connectivity index (χ2n) is 7.86. The second-order valence-corrected chi connectivity index (χ2v) is 7.86. The van der Waals surface area contributed by atoms with Gasteiger partial charge in [-0.3, -0.25) is 0 Å². The molecular weight excluding hydrogens is 404 g/mol. The molecule has 0 bridgehead atoms. The van der Waals surface area contributed by atoms with Crippen LogP contribution in [0.4, 0.5) is 0 Å². The van der Waals surface area contributed by atoms with E-state index in [-0.39, 0.29) is 0 Å². The fraction of sp³-hybridized carbons (Fsp3) is 0.208. The molecule has 3 aromatic heterocycles. The molecule has 0 aliphatic carbocycles. The molecule has 32 heavy (non-hydrogen) atoms. The molecule has 0 spiro atoms. The van der Waals surface area contributed by atoms with Gasteiger partial charge in [-0.05, 0) is 39.8 Å². The number of nitrogens with zero attached hydrogens (tertiary/aromatic N) is 6. The van der Waals surface area contributed by atoms with Crippen molar-refractivity contribution in [2.24, 2.45) is 0 Å². The lowest BCUT2D eigenvalue weighted by molar-refractivity contribution is 0.430. The number of rotatable bonds is 5. The number of benzene rings is 2. The van der Waals surface area contributed by atoms with E-state index in [2.05, 4.69) is 31.5 Å². The Balaban J connectivity index is 1.40. The van der Waals surface area contributed by atoms with Crippen molar-refractivity contribution in [1.29, 1.82) is 0 Å². The van der Waals surface area contributed by atoms with Gasteiger partial charge < -0.3 is 8.94 Å². The number of aromatic nitrogens is 6. The second kappa shape index (κ2) is 7.88. The maximum absolute atomic E-state index is 5.91. The molecular formula is C24H22N6O2.